The number of aliphatic hydroxyl groups is 1. The zero-order chi connectivity index (χ0) is 45.6. The molecular weight excluding hydrogens is 864 g/mol. The highest BCUT2D eigenvalue weighted by Gasteiger charge is 2.50. The van der Waals surface area contributed by atoms with E-state index in [0.717, 1.165) is 51.5 Å². The molecule has 4 nitrogen and oxygen atoms in total. The van der Waals surface area contributed by atoms with Crippen LogP contribution < -0.4 is 9.84 Å². The number of halogens is 8. The predicted molar refractivity (Wildman–Crippen MR) is 231 cm³/mol. The van der Waals surface area contributed by atoms with E-state index >= 15 is 8.78 Å². The normalized spacial score (nSPS) is 25.7. The predicted octanol–water partition coefficient (Wildman–Crippen LogP) is 14.6. The first-order chi connectivity index (χ1) is 28.2. The molecule has 3 aliphatic carbocycles. The van der Waals surface area contributed by atoms with Crippen molar-refractivity contribution in [1.82, 2.24) is 0 Å². The van der Waals surface area contributed by atoms with Gasteiger partial charge in [0, 0.05) is 22.0 Å². The van der Waals surface area contributed by atoms with Gasteiger partial charge in [0.05, 0.1) is 10.7 Å². The van der Waals surface area contributed by atoms with E-state index in [1.165, 1.54) is 6.07 Å². The zero-order valence-electron chi connectivity index (χ0n) is 35.7. The van der Waals surface area contributed by atoms with Gasteiger partial charge in [-0.25, -0.2) is 30.7 Å². The van der Waals surface area contributed by atoms with Crippen LogP contribution in [0.4, 0.5) is 35.1 Å². The van der Waals surface area contributed by atoms with Crippen LogP contribution >= 0.6 is 32.8 Å². The molecule has 6 atom stereocenters. The van der Waals surface area contributed by atoms with Gasteiger partial charge in [-0.3, -0.25) is 0 Å². The van der Waals surface area contributed by atoms with Gasteiger partial charge in [-0.05, 0) is 71.3 Å². The quantitative estimate of drug-likeness (QED) is 0.105. The average molecular weight is 918 g/mol. The zero-order valence-corrected chi connectivity index (χ0v) is 38.5. The van der Waals surface area contributed by atoms with Crippen molar-refractivity contribution >= 4 is 38.8 Å². The monoisotopic (exact) mass is 917 g/mol. The molecule has 2 aromatic rings. The van der Waals surface area contributed by atoms with Crippen LogP contribution in [0.3, 0.4) is 0 Å². The van der Waals surface area contributed by atoms with Gasteiger partial charge in [0.1, 0.15) is 5.75 Å². The van der Waals surface area contributed by atoms with Crippen molar-refractivity contribution in [2.75, 3.05) is 5.75 Å². The summed E-state index contributed by atoms with van der Waals surface area (Å²) in [5.41, 5.74) is -0.879. The van der Waals surface area contributed by atoms with Crippen LogP contribution in [0.5, 0.6) is 17.2 Å². The summed E-state index contributed by atoms with van der Waals surface area (Å²) in [5, 5.41) is 23.7. The number of hydrogen-bond acceptors (Lipinski definition) is 6. The number of thioether (sulfide) groups is 2. The maximum Gasteiger partial charge on any atom is 0.205 e. The van der Waals surface area contributed by atoms with E-state index in [1.807, 2.05) is 57.7 Å². The molecule has 61 heavy (non-hydrogen) atoms. The van der Waals surface area contributed by atoms with Crippen molar-refractivity contribution in [2.45, 2.75) is 133 Å². The fourth-order valence-electron chi connectivity index (χ4n) is 7.53. The number of hydrogen-bond donors (Lipinski definition) is 1. The lowest BCUT2D eigenvalue weighted by Gasteiger charge is -2.44. The maximum atomic E-state index is 15.3. The largest absolute Gasteiger partial charge is 0.870 e. The van der Waals surface area contributed by atoms with E-state index in [1.54, 1.807) is 35.7 Å². The molecular formula is C46H54F8O4PS2-. The van der Waals surface area contributed by atoms with Gasteiger partial charge in [-0.2, -0.15) is 27.9 Å². The van der Waals surface area contributed by atoms with Crippen LogP contribution in [-0.4, -0.2) is 32.6 Å². The third-order valence-corrected chi connectivity index (χ3v) is 15.8. The molecule has 1 N–H and O–H groups in total. The Balaban J connectivity index is 1.44. The molecule has 0 amide bonds. The SMILES string of the molecule is C=Cc1c(F)c(F)c(F)c(F)c1Oc1cc(C(C)(C)C)cc(CSC2CCCCCCC2SCC2=C(O)C(OC3C(F)=C(F)C(F)=C(F)C3(C)P)=CC(C)(C(C)(C)C)C2)c1[O-]. The number of ether oxygens (including phenoxy) is 2. The lowest BCUT2D eigenvalue weighted by atomic mass is 9.63. The molecule has 5 rings (SSSR count). The Bertz CT molecular complexity index is 2170. The minimum absolute atomic E-state index is 0.0102. The standard InChI is InChI=1S/C46H55F8O4PS2/c1-10-26-31(47)32(48)33(49)35(51)40(26)57-27-18-25(43(2,3)4)17-23(38(27)55)21-60-29-15-13-11-12-14-16-30(29)61-22-24-19-45(8,44(5,6)7)20-28(39(24)56)58-42-37(53)34(50)36(52)41(54)46(42,9)59/h10,17-18,20,29-30,42,55-56H,1,11-16,19,21-22,59H2,2-9H3/p-1. The lowest BCUT2D eigenvalue weighted by molar-refractivity contribution is -0.270. The van der Waals surface area contributed by atoms with Crippen molar-refractivity contribution < 1.29 is 54.8 Å². The second-order valence-corrected chi connectivity index (χ2v) is 22.2. The van der Waals surface area contributed by atoms with E-state index < -0.39 is 91.1 Å². The summed E-state index contributed by atoms with van der Waals surface area (Å²) in [4.78, 5) is 0. The topological polar surface area (TPSA) is 61.8 Å². The lowest BCUT2D eigenvalue weighted by Crippen LogP contribution is -2.41. The summed E-state index contributed by atoms with van der Waals surface area (Å²) in [7, 11) is 2.00. The van der Waals surface area contributed by atoms with Crippen LogP contribution in [0.25, 0.3) is 6.08 Å². The Morgan fingerprint density at radius 3 is 1.98 bits per heavy atom. The van der Waals surface area contributed by atoms with E-state index in [-0.39, 0.29) is 33.5 Å². The Labute approximate surface area is 364 Å². The van der Waals surface area contributed by atoms with Gasteiger partial charge in [0.2, 0.25) is 11.6 Å². The first kappa shape index (κ1) is 48.9. The summed E-state index contributed by atoms with van der Waals surface area (Å²) in [6.07, 6.45) is 6.41. The van der Waals surface area contributed by atoms with Crippen molar-refractivity contribution in [3.63, 3.8) is 0 Å². The smallest absolute Gasteiger partial charge is 0.205 e. The molecule has 0 bridgehead atoms. The fourth-order valence-corrected chi connectivity index (χ4v) is 11.0. The summed E-state index contributed by atoms with van der Waals surface area (Å²) in [6, 6.07) is 3.13. The molecule has 15 heteroatoms. The second-order valence-electron chi connectivity index (χ2n) is 18.6. The summed E-state index contributed by atoms with van der Waals surface area (Å²) >= 11 is 3.18. The minimum Gasteiger partial charge on any atom is -0.870 e. The van der Waals surface area contributed by atoms with Gasteiger partial charge in [-0.1, -0.05) is 98.6 Å². The van der Waals surface area contributed by atoms with Crippen molar-refractivity contribution in [2.24, 2.45) is 10.8 Å². The van der Waals surface area contributed by atoms with Crippen molar-refractivity contribution in [1.29, 1.82) is 0 Å². The first-order valence-corrected chi connectivity index (χ1v) is 22.9. The summed E-state index contributed by atoms with van der Waals surface area (Å²) < 4.78 is 129. The maximum absolute atomic E-state index is 15.3. The highest BCUT2D eigenvalue weighted by molar-refractivity contribution is 8.03. The number of allylic oxidation sites excluding steroid dienone is 3. The van der Waals surface area contributed by atoms with Crippen LogP contribution in [0, 0.1) is 34.1 Å². The van der Waals surface area contributed by atoms with Crippen molar-refractivity contribution in [3.8, 4) is 17.2 Å². The highest BCUT2D eigenvalue weighted by Crippen LogP contribution is 2.53. The Kier molecular flexibility index (Phi) is 14.9. The van der Waals surface area contributed by atoms with Gasteiger partial charge >= 0.3 is 0 Å². The van der Waals surface area contributed by atoms with Gasteiger partial charge in [-0.15, -0.1) is 9.24 Å². The van der Waals surface area contributed by atoms with E-state index in [4.69, 9.17) is 9.47 Å². The van der Waals surface area contributed by atoms with Gasteiger partial charge < -0.3 is 19.7 Å². The molecule has 1 saturated carbocycles. The molecule has 0 aromatic heterocycles. The van der Waals surface area contributed by atoms with Crippen LogP contribution in [0.15, 0.2) is 65.2 Å². The molecule has 0 aliphatic heterocycles. The van der Waals surface area contributed by atoms with Gasteiger partial charge in [0.25, 0.3) is 0 Å². The number of aliphatic hydroxyl groups excluding tert-OH is 1. The molecule has 1 fully saturated rings. The van der Waals surface area contributed by atoms with E-state index in [2.05, 4.69) is 6.58 Å². The highest BCUT2D eigenvalue weighted by atomic mass is 32.2. The Hall–Kier alpha value is -3.09. The van der Waals surface area contributed by atoms with Crippen LogP contribution in [-0.2, 0) is 15.9 Å². The molecule has 2 aromatic carbocycles. The van der Waals surface area contributed by atoms with Crippen LogP contribution in [0.2, 0.25) is 0 Å². The number of rotatable bonds is 11. The fraction of sp³-hybridized carbons (Fsp3) is 0.522. The summed E-state index contributed by atoms with van der Waals surface area (Å²) in [6.45, 7) is 18.2. The third kappa shape index (κ3) is 10.0. The Morgan fingerprint density at radius 1 is 0.852 bits per heavy atom. The molecule has 0 heterocycles. The molecule has 0 spiro atoms. The second kappa shape index (κ2) is 18.6. The number of benzene rings is 2. The van der Waals surface area contributed by atoms with Crippen molar-refractivity contribution in [3.05, 3.63) is 105 Å². The van der Waals surface area contributed by atoms with E-state index in [9.17, 15) is 36.6 Å². The summed E-state index contributed by atoms with van der Waals surface area (Å²) in [5.74, 6) is -16.6. The van der Waals surface area contributed by atoms with Crippen LogP contribution in [0.1, 0.15) is 117 Å². The average Bonchev–Trinajstić information content (AvgIpc) is 3.17. The molecule has 6 unspecified atom stereocenters. The Morgan fingerprint density at radius 2 is 1.43 bits per heavy atom. The minimum atomic E-state index is -2.08. The third-order valence-electron chi connectivity index (χ3n) is 12.1. The van der Waals surface area contributed by atoms with E-state index in [0.29, 0.717) is 28.9 Å². The molecule has 0 saturated heterocycles. The first-order valence-electron chi connectivity index (χ1n) is 20.2. The molecule has 336 valence electrons. The molecule has 3 aliphatic rings. The molecule has 0 radical (unpaired) electrons. The van der Waals surface area contributed by atoms with Gasteiger partial charge in [0.15, 0.2) is 58.3 Å².